The molecule has 0 spiro atoms. The fourth-order valence-corrected chi connectivity index (χ4v) is 6.96. The molecular weight excluding hydrogens is 615 g/mol. The highest BCUT2D eigenvalue weighted by molar-refractivity contribution is 6.04. The first-order valence-corrected chi connectivity index (χ1v) is 17.2. The Labute approximate surface area is 305 Å². The van der Waals surface area contributed by atoms with Crippen LogP contribution in [0.3, 0.4) is 0 Å². The Balaban J connectivity index is 1.20. The molecule has 0 amide bonds. The van der Waals surface area contributed by atoms with Gasteiger partial charge in [0.1, 0.15) is 0 Å². The molecule has 1 nitrogen and oxygen atoms in total. The van der Waals surface area contributed by atoms with Crippen LogP contribution in [-0.4, -0.2) is 0 Å². The summed E-state index contributed by atoms with van der Waals surface area (Å²) < 4.78 is 37.5. The van der Waals surface area contributed by atoms with Crippen molar-refractivity contribution in [3.05, 3.63) is 212 Å². The van der Waals surface area contributed by atoms with Gasteiger partial charge in [-0.25, -0.2) is 0 Å². The monoisotopic (exact) mass is 653 g/mol. The van der Waals surface area contributed by atoms with Crippen LogP contribution in [0, 0.1) is 0 Å². The minimum atomic E-state index is -0.110. The van der Waals surface area contributed by atoms with E-state index in [1.807, 2.05) is 114 Å². The lowest BCUT2D eigenvalue weighted by molar-refractivity contribution is 1.29. The van der Waals surface area contributed by atoms with Gasteiger partial charge in [-0.05, 0) is 102 Å². The summed E-state index contributed by atoms with van der Waals surface area (Å²) in [4.78, 5) is 1.86. The van der Waals surface area contributed by atoms with Gasteiger partial charge in [0.25, 0.3) is 0 Å². The first-order valence-electron chi connectivity index (χ1n) is 19.2. The van der Waals surface area contributed by atoms with E-state index >= 15 is 0 Å². The maximum atomic E-state index is 9.45. The molecule has 9 rings (SSSR count). The van der Waals surface area contributed by atoms with Crippen molar-refractivity contribution in [2.24, 2.45) is 0 Å². The average Bonchev–Trinajstić information content (AvgIpc) is 3.25. The van der Waals surface area contributed by atoms with Crippen LogP contribution < -0.4 is 4.90 Å². The van der Waals surface area contributed by atoms with Crippen molar-refractivity contribution in [3.63, 3.8) is 0 Å². The molecule has 0 unspecified atom stereocenters. The predicted octanol–water partition coefficient (Wildman–Crippen LogP) is 14.1. The molecule has 0 saturated heterocycles. The van der Waals surface area contributed by atoms with Gasteiger partial charge < -0.3 is 4.90 Å². The lowest BCUT2D eigenvalue weighted by Gasteiger charge is -2.26. The first kappa shape index (κ1) is 26.2. The largest absolute Gasteiger partial charge is 0.310 e. The quantitative estimate of drug-likeness (QED) is 0.165. The van der Waals surface area contributed by atoms with Crippen LogP contribution in [0.25, 0.3) is 66.1 Å². The summed E-state index contributed by atoms with van der Waals surface area (Å²) in [5.74, 6) is 0. The maximum absolute atomic E-state index is 9.45. The third-order valence-electron chi connectivity index (χ3n) is 9.54. The standard InChI is InChI=1S/C50H35N/c1-3-11-36(12-4-1)38-19-21-39(22-20-38)40-23-29-45(30-24-40)51(47-33-25-37-13-7-8-17-44(37)35-47)46-31-26-43(27-32-46)50-48-18-10-9-16-42(48)28-34-49(50)41-14-5-2-6-15-41/h1-35H/i23D,24D,29D,30D. The molecule has 1 heteroatoms. The Hall–Kier alpha value is -6.70. The summed E-state index contributed by atoms with van der Waals surface area (Å²) in [7, 11) is 0. The van der Waals surface area contributed by atoms with Gasteiger partial charge in [0, 0.05) is 17.1 Å². The number of rotatable bonds is 7. The molecule has 9 aromatic carbocycles. The SMILES string of the molecule is [2H]c1c([2H])c(N(c2ccc(-c3c(-c4ccccc4)ccc4ccccc34)cc2)c2ccc3ccccc3c2)c([2H])c([2H])c1-c1ccc(-c2ccccc2)cc1. The molecule has 0 radical (unpaired) electrons. The third-order valence-corrected chi connectivity index (χ3v) is 9.54. The van der Waals surface area contributed by atoms with Gasteiger partial charge in [0.15, 0.2) is 0 Å². The van der Waals surface area contributed by atoms with Crippen LogP contribution in [0.4, 0.5) is 17.1 Å². The Kier molecular flexibility index (Phi) is 6.84. The van der Waals surface area contributed by atoms with Crippen molar-refractivity contribution in [2.45, 2.75) is 0 Å². The van der Waals surface area contributed by atoms with E-state index in [-0.39, 0.29) is 35.4 Å². The smallest absolute Gasteiger partial charge is 0.0645 e. The summed E-state index contributed by atoms with van der Waals surface area (Å²) in [5.41, 5.74) is 9.06. The number of hydrogen-bond donors (Lipinski definition) is 0. The van der Waals surface area contributed by atoms with Crippen molar-refractivity contribution in [2.75, 3.05) is 4.90 Å². The highest BCUT2D eigenvalue weighted by Gasteiger charge is 2.16. The Morgan fingerprint density at radius 2 is 0.824 bits per heavy atom. The molecule has 240 valence electrons. The maximum Gasteiger partial charge on any atom is 0.0645 e. The van der Waals surface area contributed by atoms with E-state index in [1.165, 1.54) is 0 Å². The van der Waals surface area contributed by atoms with Crippen molar-refractivity contribution in [1.82, 2.24) is 0 Å². The van der Waals surface area contributed by atoms with Gasteiger partial charge in [0.2, 0.25) is 0 Å². The van der Waals surface area contributed by atoms with Crippen LogP contribution in [0.1, 0.15) is 5.48 Å². The molecule has 0 saturated carbocycles. The number of nitrogens with zero attached hydrogens (tertiary/aromatic N) is 1. The summed E-state index contributed by atoms with van der Waals surface area (Å²) in [5, 5.41) is 4.38. The van der Waals surface area contributed by atoms with Crippen molar-refractivity contribution in [1.29, 1.82) is 0 Å². The number of fused-ring (bicyclic) bond motifs is 2. The van der Waals surface area contributed by atoms with Crippen LogP contribution in [0.15, 0.2) is 212 Å². The van der Waals surface area contributed by atoms with E-state index in [2.05, 4.69) is 78.9 Å². The van der Waals surface area contributed by atoms with Gasteiger partial charge in [-0.3, -0.25) is 0 Å². The van der Waals surface area contributed by atoms with E-state index in [9.17, 15) is 5.48 Å². The Bertz CT molecular complexity index is 2810. The van der Waals surface area contributed by atoms with Crippen molar-refractivity contribution >= 4 is 38.6 Å². The van der Waals surface area contributed by atoms with E-state index in [4.69, 9.17) is 0 Å². The molecule has 0 aliphatic carbocycles. The first-order chi connectivity index (χ1) is 27.0. The normalized spacial score (nSPS) is 12.2. The van der Waals surface area contributed by atoms with E-state index < -0.39 is 0 Å². The number of benzene rings is 9. The minimum absolute atomic E-state index is 0.0888. The molecule has 51 heavy (non-hydrogen) atoms. The topological polar surface area (TPSA) is 3.24 Å². The zero-order chi connectivity index (χ0) is 37.5. The van der Waals surface area contributed by atoms with Gasteiger partial charge in [-0.15, -0.1) is 0 Å². The molecule has 0 aliphatic heterocycles. The fraction of sp³-hybridized carbons (Fsp3) is 0. The average molecular weight is 654 g/mol. The second kappa shape index (κ2) is 13.3. The zero-order valence-corrected chi connectivity index (χ0v) is 27.8. The second-order valence-electron chi connectivity index (χ2n) is 12.7. The fourth-order valence-electron chi connectivity index (χ4n) is 6.96. The summed E-state index contributed by atoms with van der Waals surface area (Å²) >= 11 is 0. The predicted molar refractivity (Wildman–Crippen MR) is 218 cm³/mol. The molecule has 0 heterocycles. The van der Waals surface area contributed by atoms with E-state index in [0.717, 1.165) is 66.3 Å². The summed E-state index contributed by atoms with van der Waals surface area (Å²) in [6.45, 7) is 0. The van der Waals surface area contributed by atoms with Crippen LogP contribution in [-0.2, 0) is 0 Å². The third kappa shape index (κ3) is 5.96. The van der Waals surface area contributed by atoms with Crippen molar-refractivity contribution < 1.29 is 5.48 Å². The Morgan fingerprint density at radius 3 is 1.53 bits per heavy atom. The van der Waals surface area contributed by atoms with E-state index in [0.29, 0.717) is 5.56 Å². The lowest BCUT2D eigenvalue weighted by atomic mass is 9.89. The Morgan fingerprint density at radius 1 is 0.314 bits per heavy atom. The molecule has 0 bridgehead atoms. The van der Waals surface area contributed by atoms with Gasteiger partial charge in [0.05, 0.1) is 5.48 Å². The van der Waals surface area contributed by atoms with Gasteiger partial charge in [-0.1, -0.05) is 176 Å². The summed E-state index contributed by atoms with van der Waals surface area (Å²) in [6.07, 6.45) is 0. The second-order valence-corrected chi connectivity index (χ2v) is 12.7. The van der Waals surface area contributed by atoms with Crippen LogP contribution >= 0.6 is 0 Å². The molecule has 9 aromatic rings. The molecule has 0 fully saturated rings. The van der Waals surface area contributed by atoms with Gasteiger partial charge >= 0.3 is 0 Å². The number of hydrogen-bond acceptors (Lipinski definition) is 1. The molecule has 0 aromatic heterocycles. The zero-order valence-electron chi connectivity index (χ0n) is 31.8. The number of anilines is 3. The van der Waals surface area contributed by atoms with Crippen LogP contribution in [0.2, 0.25) is 0 Å². The van der Waals surface area contributed by atoms with Crippen LogP contribution in [0.5, 0.6) is 0 Å². The minimum Gasteiger partial charge on any atom is -0.310 e. The molecular formula is C50H35N. The highest BCUT2D eigenvalue weighted by atomic mass is 15.1. The van der Waals surface area contributed by atoms with Gasteiger partial charge in [-0.2, -0.15) is 0 Å². The van der Waals surface area contributed by atoms with Crippen molar-refractivity contribution in [3.8, 4) is 44.5 Å². The molecule has 0 atom stereocenters. The van der Waals surface area contributed by atoms with E-state index in [1.54, 1.807) is 0 Å². The summed E-state index contributed by atoms with van der Waals surface area (Å²) in [6, 6.07) is 62.9. The highest BCUT2D eigenvalue weighted by Crippen LogP contribution is 2.41. The lowest BCUT2D eigenvalue weighted by Crippen LogP contribution is -2.09. The molecule has 0 N–H and O–H groups in total. The molecule has 0 aliphatic rings.